The number of amides is 1. The van der Waals surface area contributed by atoms with E-state index < -0.39 is 5.92 Å². The van der Waals surface area contributed by atoms with Crippen LogP contribution >= 0.6 is 0 Å². The van der Waals surface area contributed by atoms with Crippen molar-refractivity contribution < 1.29 is 13.6 Å². The quantitative estimate of drug-likeness (QED) is 0.930. The van der Waals surface area contributed by atoms with Crippen molar-refractivity contribution in [1.82, 2.24) is 10.3 Å². The second-order valence-electron chi connectivity index (χ2n) is 6.61. The maximum Gasteiger partial charge on any atom is 0.248 e. The number of piperidine rings is 1. The highest BCUT2D eigenvalue weighted by atomic mass is 19.3. The monoisotopic (exact) mass is 323 g/mol. The molecule has 0 bridgehead atoms. The molecule has 0 radical (unpaired) electrons. The molecule has 1 atom stereocenters. The number of rotatable bonds is 3. The van der Waals surface area contributed by atoms with E-state index in [0.29, 0.717) is 0 Å². The minimum Gasteiger partial charge on any atom is -0.355 e. The van der Waals surface area contributed by atoms with Gasteiger partial charge in [-0.3, -0.25) is 4.79 Å². The van der Waals surface area contributed by atoms with E-state index in [2.05, 4.69) is 15.2 Å². The zero-order valence-corrected chi connectivity index (χ0v) is 13.2. The van der Waals surface area contributed by atoms with Crippen LogP contribution in [0, 0.1) is 5.92 Å². The molecule has 1 aliphatic carbocycles. The summed E-state index contributed by atoms with van der Waals surface area (Å²) >= 11 is 0. The van der Waals surface area contributed by atoms with Crippen molar-refractivity contribution in [3.63, 3.8) is 0 Å². The van der Waals surface area contributed by atoms with Gasteiger partial charge in [-0.1, -0.05) is 6.07 Å². The minimum absolute atomic E-state index is 0.0617. The standard InChI is InChI=1S/C17H23F2N3O/c18-17(19)8-6-13(7-9-17)16(23)21-14-4-3-11-22(12-14)15-5-1-2-10-20-15/h1-2,5,10,13-14H,3-4,6-9,11-12H2,(H,21,23)/t14-/m0/s1. The summed E-state index contributed by atoms with van der Waals surface area (Å²) in [5.74, 6) is -1.99. The molecule has 1 saturated carbocycles. The Bertz CT molecular complexity index is 528. The first-order valence-electron chi connectivity index (χ1n) is 8.38. The van der Waals surface area contributed by atoms with Gasteiger partial charge in [-0.15, -0.1) is 0 Å². The minimum atomic E-state index is -2.59. The third-order valence-corrected chi connectivity index (χ3v) is 4.83. The molecule has 2 aliphatic rings. The number of aromatic nitrogens is 1. The highest BCUT2D eigenvalue weighted by Gasteiger charge is 2.38. The molecule has 1 aromatic rings. The zero-order valence-electron chi connectivity index (χ0n) is 13.2. The lowest BCUT2D eigenvalue weighted by molar-refractivity contribution is -0.129. The Morgan fingerprint density at radius 3 is 2.74 bits per heavy atom. The van der Waals surface area contributed by atoms with E-state index in [-0.39, 0.29) is 43.6 Å². The topological polar surface area (TPSA) is 45.2 Å². The average Bonchev–Trinajstić information content (AvgIpc) is 2.56. The highest BCUT2D eigenvalue weighted by Crippen LogP contribution is 2.36. The molecule has 1 aromatic heterocycles. The lowest BCUT2D eigenvalue weighted by Crippen LogP contribution is -2.50. The van der Waals surface area contributed by atoms with E-state index in [0.717, 1.165) is 31.7 Å². The Morgan fingerprint density at radius 2 is 2.04 bits per heavy atom. The van der Waals surface area contributed by atoms with Crippen LogP contribution in [0.1, 0.15) is 38.5 Å². The number of halogens is 2. The normalized spacial score (nSPS) is 25.1. The molecule has 1 amide bonds. The summed E-state index contributed by atoms with van der Waals surface area (Å²) in [5.41, 5.74) is 0. The van der Waals surface area contributed by atoms with Gasteiger partial charge in [0.25, 0.3) is 0 Å². The fourth-order valence-corrected chi connectivity index (χ4v) is 3.47. The van der Waals surface area contributed by atoms with E-state index in [1.54, 1.807) is 6.20 Å². The van der Waals surface area contributed by atoms with Crippen LogP contribution in [0.2, 0.25) is 0 Å². The van der Waals surface area contributed by atoms with E-state index in [9.17, 15) is 13.6 Å². The molecule has 3 rings (SSSR count). The Labute approximate surface area is 135 Å². The van der Waals surface area contributed by atoms with Gasteiger partial charge >= 0.3 is 0 Å². The predicted octanol–water partition coefficient (Wildman–Crippen LogP) is 2.99. The largest absolute Gasteiger partial charge is 0.355 e. The van der Waals surface area contributed by atoms with E-state index in [1.165, 1.54) is 0 Å². The number of alkyl halides is 2. The number of hydrogen-bond donors (Lipinski definition) is 1. The van der Waals surface area contributed by atoms with Crippen LogP contribution in [0.4, 0.5) is 14.6 Å². The molecule has 6 heteroatoms. The van der Waals surface area contributed by atoms with Crippen LogP contribution in [0.15, 0.2) is 24.4 Å². The molecule has 2 heterocycles. The third kappa shape index (κ3) is 4.18. The first-order valence-corrected chi connectivity index (χ1v) is 8.38. The summed E-state index contributed by atoms with van der Waals surface area (Å²) in [6, 6.07) is 5.87. The summed E-state index contributed by atoms with van der Waals surface area (Å²) in [7, 11) is 0. The molecule has 0 aromatic carbocycles. The molecule has 0 spiro atoms. The Balaban J connectivity index is 1.53. The van der Waals surface area contributed by atoms with Crippen LogP contribution in [-0.2, 0) is 4.79 Å². The second-order valence-corrected chi connectivity index (χ2v) is 6.61. The van der Waals surface area contributed by atoms with Crippen LogP contribution in [0.25, 0.3) is 0 Å². The van der Waals surface area contributed by atoms with Crippen LogP contribution in [0.5, 0.6) is 0 Å². The molecule has 1 N–H and O–H groups in total. The average molecular weight is 323 g/mol. The van der Waals surface area contributed by atoms with Gasteiger partial charge in [-0.2, -0.15) is 0 Å². The van der Waals surface area contributed by atoms with Crippen molar-refractivity contribution in [2.45, 2.75) is 50.5 Å². The maximum absolute atomic E-state index is 13.2. The molecular weight excluding hydrogens is 300 g/mol. The lowest BCUT2D eigenvalue weighted by atomic mass is 9.86. The number of pyridine rings is 1. The number of nitrogens with one attached hydrogen (secondary N) is 1. The van der Waals surface area contributed by atoms with Crippen LogP contribution < -0.4 is 10.2 Å². The SMILES string of the molecule is O=C(N[C@H]1CCCN(c2ccccn2)C1)C1CCC(F)(F)CC1. The van der Waals surface area contributed by atoms with Gasteiger partial charge in [0.05, 0.1) is 0 Å². The lowest BCUT2D eigenvalue weighted by Gasteiger charge is -2.35. The van der Waals surface area contributed by atoms with Gasteiger partial charge in [0.2, 0.25) is 11.8 Å². The molecule has 126 valence electrons. The number of nitrogens with zero attached hydrogens (tertiary/aromatic N) is 2. The van der Waals surface area contributed by atoms with Gasteiger partial charge in [0.1, 0.15) is 5.82 Å². The number of carbonyl (C=O) groups excluding carboxylic acids is 1. The van der Waals surface area contributed by atoms with Crippen molar-refractivity contribution >= 4 is 11.7 Å². The predicted molar refractivity (Wildman–Crippen MR) is 84.5 cm³/mol. The van der Waals surface area contributed by atoms with E-state index in [1.807, 2.05) is 18.2 Å². The Kier molecular flexibility index (Phi) is 4.78. The fourth-order valence-electron chi connectivity index (χ4n) is 3.47. The molecule has 1 aliphatic heterocycles. The third-order valence-electron chi connectivity index (χ3n) is 4.83. The van der Waals surface area contributed by atoms with E-state index in [4.69, 9.17) is 0 Å². The van der Waals surface area contributed by atoms with Crippen molar-refractivity contribution in [2.24, 2.45) is 5.92 Å². The highest BCUT2D eigenvalue weighted by molar-refractivity contribution is 5.79. The van der Waals surface area contributed by atoms with Crippen molar-refractivity contribution in [1.29, 1.82) is 0 Å². The van der Waals surface area contributed by atoms with E-state index >= 15 is 0 Å². The van der Waals surface area contributed by atoms with Gasteiger partial charge in [0, 0.05) is 44.1 Å². The molecule has 2 fully saturated rings. The molecule has 23 heavy (non-hydrogen) atoms. The van der Waals surface area contributed by atoms with Gasteiger partial charge in [0.15, 0.2) is 0 Å². The van der Waals surface area contributed by atoms with Crippen molar-refractivity contribution in [2.75, 3.05) is 18.0 Å². The molecule has 4 nitrogen and oxygen atoms in total. The van der Waals surface area contributed by atoms with Gasteiger partial charge in [-0.05, 0) is 37.8 Å². The van der Waals surface area contributed by atoms with Crippen LogP contribution in [0.3, 0.4) is 0 Å². The summed E-state index contributed by atoms with van der Waals surface area (Å²) < 4.78 is 26.4. The van der Waals surface area contributed by atoms with Crippen LogP contribution in [-0.4, -0.2) is 35.9 Å². The number of anilines is 1. The summed E-state index contributed by atoms with van der Waals surface area (Å²) in [6.45, 7) is 1.66. The second kappa shape index (κ2) is 6.81. The van der Waals surface area contributed by atoms with Gasteiger partial charge < -0.3 is 10.2 Å². The molecular formula is C17H23F2N3O. The Morgan fingerprint density at radius 1 is 1.26 bits per heavy atom. The number of carbonyl (C=O) groups is 1. The zero-order chi connectivity index (χ0) is 16.3. The van der Waals surface area contributed by atoms with Crippen molar-refractivity contribution in [3.8, 4) is 0 Å². The number of hydrogen-bond acceptors (Lipinski definition) is 3. The molecule has 1 saturated heterocycles. The first-order chi connectivity index (χ1) is 11.0. The summed E-state index contributed by atoms with van der Waals surface area (Å²) in [6.07, 6.45) is 3.92. The Hall–Kier alpha value is -1.72. The maximum atomic E-state index is 13.2. The summed E-state index contributed by atoms with van der Waals surface area (Å²) in [5, 5.41) is 3.06. The van der Waals surface area contributed by atoms with Crippen molar-refractivity contribution in [3.05, 3.63) is 24.4 Å². The summed E-state index contributed by atoms with van der Waals surface area (Å²) in [4.78, 5) is 18.9. The fraction of sp³-hybridized carbons (Fsp3) is 0.647. The van der Waals surface area contributed by atoms with Gasteiger partial charge in [-0.25, -0.2) is 13.8 Å². The molecule has 0 unspecified atom stereocenters. The smallest absolute Gasteiger partial charge is 0.248 e. The first kappa shape index (κ1) is 16.1.